The molecular weight excluding hydrogens is 260 g/mol. The van der Waals surface area contributed by atoms with Crippen molar-refractivity contribution in [1.82, 2.24) is 9.88 Å². The van der Waals surface area contributed by atoms with Crippen LogP contribution in [-0.2, 0) is 6.54 Å². The molecule has 0 radical (unpaired) electrons. The highest BCUT2D eigenvalue weighted by molar-refractivity contribution is 7.11. The Hall–Kier alpha value is -0.940. The number of carboxylic acids is 1. The lowest BCUT2D eigenvalue weighted by Crippen LogP contribution is -2.41. The van der Waals surface area contributed by atoms with Crippen molar-refractivity contribution in [2.45, 2.75) is 38.6 Å². The predicted octanol–water partition coefficient (Wildman–Crippen LogP) is 2.85. The minimum atomic E-state index is -0.915. The van der Waals surface area contributed by atoms with Gasteiger partial charge in [-0.05, 0) is 31.2 Å². The lowest BCUT2D eigenvalue weighted by molar-refractivity contribution is 0.0694. The maximum Gasteiger partial charge on any atom is 0.365 e. The zero-order chi connectivity index (χ0) is 13.2. The molecular formula is C14H20N2O2S. The first-order valence-corrected chi connectivity index (χ1v) is 8.00. The fourth-order valence-corrected chi connectivity index (χ4v) is 4.17. The highest BCUT2D eigenvalue weighted by Crippen LogP contribution is 2.36. The van der Waals surface area contributed by atoms with Gasteiger partial charge in [0.1, 0.15) is 0 Å². The molecule has 1 aliphatic heterocycles. The van der Waals surface area contributed by atoms with Crippen LogP contribution in [-0.4, -0.2) is 34.0 Å². The van der Waals surface area contributed by atoms with Gasteiger partial charge >= 0.3 is 5.97 Å². The summed E-state index contributed by atoms with van der Waals surface area (Å²) in [7, 11) is 0. The van der Waals surface area contributed by atoms with Crippen molar-refractivity contribution in [1.29, 1.82) is 0 Å². The van der Waals surface area contributed by atoms with E-state index in [1.165, 1.54) is 50.0 Å². The smallest absolute Gasteiger partial charge is 0.365 e. The lowest BCUT2D eigenvalue weighted by Gasteiger charge is -2.41. The van der Waals surface area contributed by atoms with Gasteiger partial charge in [0.15, 0.2) is 0 Å². The second kappa shape index (κ2) is 5.59. The molecule has 0 amide bonds. The van der Waals surface area contributed by atoms with E-state index in [0.29, 0.717) is 0 Å². The quantitative estimate of drug-likeness (QED) is 0.925. The fraction of sp³-hybridized carbons (Fsp3) is 0.714. The number of thiazole rings is 1. The third kappa shape index (κ3) is 2.98. The van der Waals surface area contributed by atoms with Crippen LogP contribution in [0.3, 0.4) is 0 Å². The van der Waals surface area contributed by atoms with Crippen LogP contribution in [0.1, 0.15) is 47.6 Å². The van der Waals surface area contributed by atoms with Gasteiger partial charge in [0, 0.05) is 18.5 Å². The van der Waals surface area contributed by atoms with Gasteiger partial charge in [0.05, 0.1) is 5.69 Å². The molecule has 1 aromatic heterocycles. The van der Waals surface area contributed by atoms with Crippen molar-refractivity contribution in [3.63, 3.8) is 0 Å². The number of carboxylic acid groups (broad SMARTS) is 1. The van der Waals surface area contributed by atoms with E-state index in [9.17, 15) is 4.79 Å². The Labute approximate surface area is 117 Å². The number of hydrogen-bond donors (Lipinski definition) is 1. The molecule has 2 unspecified atom stereocenters. The molecule has 1 saturated heterocycles. The highest BCUT2D eigenvalue weighted by atomic mass is 32.1. The average Bonchev–Trinajstić information content (AvgIpc) is 2.87. The maximum absolute atomic E-state index is 10.8. The summed E-state index contributed by atoms with van der Waals surface area (Å²) in [6.45, 7) is 3.12. The molecule has 0 spiro atoms. The molecule has 4 nitrogen and oxygen atoms in total. The van der Waals surface area contributed by atoms with E-state index in [4.69, 9.17) is 5.11 Å². The van der Waals surface area contributed by atoms with Gasteiger partial charge < -0.3 is 5.11 Å². The summed E-state index contributed by atoms with van der Waals surface area (Å²) in [5.41, 5.74) is 0.914. The summed E-state index contributed by atoms with van der Waals surface area (Å²) >= 11 is 1.23. The van der Waals surface area contributed by atoms with Crippen molar-refractivity contribution in [2.75, 3.05) is 13.1 Å². The van der Waals surface area contributed by atoms with Crippen LogP contribution >= 0.6 is 11.3 Å². The molecule has 1 N–H and O–H groups in total. The van der Waals surface area contributed by atoms with Gasteiger partial charge in [0.2, 0.25) is 5.01 Å². The molecule has 104 valence electrons. The topological polar surface area (TPSA) is 53.4 Å². The van der Waals surface area contributed by atoms with Crippen LogP contribution in [0, 0.1) is 11.8 Å². The third-order valence-electron chi connectivity index (χ3n) is 4.50. The first kappa shape index (κ1) is 13.1. The number of aromatic carboxylic acids is 1. The summed E-state index contributed by atoms with van der Waals surface area (Å²) in [5.74, 6) is 0.886. The zero-order valence-electron chi connectivity index (χ0n) is 11.0. The number of likely N-dealkylation sites (tertiary alicyclic amines) is 1. The van der Waals surface area contributed by atoms with Gasteiger partial charge in [-0.3, -0.25) is 4.90 Å². The Balaban J connectivity index is 1.59. The number of carbonyl (C=O) groups is 1. The van der Waals surface area contributed by atoms with Gasteiger partial charge in [-0.25, -0.2) is 9.78 Å². The van der Waals surface area contributed by atoms with Crippen molar-refractivity contribution in [3.05, 3.63) is 16.1 Å². The van der Waals surface area contributed by atoms with Crippen molar-refractivity contribution in [2.24, 2.45) is 11.8 Å². The van der Waals surface area contributed by atoms with Crippen LogP contribution in [0.25, 0.3) is 0 Å². The molecule has 5 heteroatoms. The summed E-state index contributed by atoms with van der Waals surface area (Å²) < 4.78 is 0. The van der Waals surface area contributed by atoms with Crippen molar-refractivity contribution < 1.29 is 9.90 Å². The minimum Gasteiger partial charge on any atom is -0.476 e. The Kier molecular flexibility index (Phi) is 3.84. The van der Waals surface area contributed by atoms with E-state index in [-0.39, 0.29) is 5.01 Å². The lowest BCUT2D eigenvalue weighted by atomic mass is 9.75. The van der Waals surface area contributed by atoms with E-state index in [1.807, 2.05) is 5.38 Å². The standard InChI is InChI=1S/C14H20N2O2S/c17-14(18)13-15-12(9-19-13)8-16-6-5-10-3-1-2-4-11(10)7-16/h9-11H,1-8H2,(H,17,18). The normalized spacial score (nSPS) is 28.0. The molecule has 0 bridgehead atoms. The fourth-order valence-electron chi connectivity index (χ4n) is 3.53. The largest absolute Gasteiger partial charge is 0.476 e. The van der Waals surface area contributed by atoms with Crippen LogP contribution in [0.5, 0.6) is 0 Å². The molecule has 0 aromatic carbocycles. The summed E-state index contributed by atoms with van der Waals surface area (Å²) in [6, 6.07) is 0. The van der Waals surface area contributed by atoms with Crippen LogP contribution in [0.4, 0.5) is 0 Å². The summed E-state index contributed by atoms with van der Waals surface area (Å²) in [4.78, 5) is 17.5. The van der Waals surface area contributed by atoms with Crippen molar-refractivity contribution in [3.8, 4) is 0 Å². The second-order valence-corrected chi connectivity index (χ2v) is 6.64. The molecule has 1 saturated carbocycles. The highest BCUT2D eigenvalue weighted by Gasteiger charge is 2.31. The molecule has 2 atom stereocenters. The summed E-state index contributed by atoms with van der Waals surface area (Å²) in [5, 5.41) is 11.0. The molecule has 2 heterocycles. The van der Waals surface area contributed by atoms with E-state index in [2.05, 4.69) is 9.88 Å². The van der Waals surface area contributed by atoms with Crippen LogP contribution in [0.15, 0.2) is 5.38 Å². The molecule has 2 aliphatic rings. The van der Waals surface area contributed by atoms with Gasteiger partial charge in [-0.2, -0.15) is 0 Å². The number of nitrogens with zero attached hydrogens (tertiary/aromatic N) is 2. The third-order valence-corrected chi connectivity index (χ3v) is 5.37. The molecule has 2 fully saturated rings. The summed E-state index contributed by atoms with van der Waals surface area (Å²) in [6.07, 6.45) is 6.89. The van der Waals surface area contributed by atoms with E-state index in [1.54, 1.807) is 0 Å². The number of piperidine rings is 1. The molecule has 1 aromatic rings. The van der Waals surface area contributed by atoms with E-state index < -0.39 is 5.97 Å². The molecule has 1 aliphatic carbocycles. The zero-order valence-corrected chi connectivity index (χ0v) is 11.9. The monoisotopic (exact) mass is 280 g/mol. The van der Waals surface area contributed by atoms with E-state index >= 15 is 0 Å². The molecule has 3 rings (SSSR count). The van der Waals surface area contributed by atoms with Crippen LogP contribution < -0.4 is 0 Å². The Morgan fingerprint density at radius 2 is 2.16 bits per heavy atom. The molecule has 19 heavy (non-hydrogen) atoms. The van der Waals surface area contributed by atoms with Crippen molar-refractivity contribution >= 4 is 17.3 Å². The average molecular weight is 280 g/mol. The first-order valence-electron chi connectivity index (χ1n) is 7.12. The van der Waals surface area contributed by atoms with Gasteiger partial charge in [0.25, 0.3) is 0 Å². The minimum absolute atomic E-state index is 0.211. The Bertz CT molecular complexity index is 460. The predicted molar refractivity (Wildman–Crippen MR) is 74.4 cm³/mol. The van der Waals surface area contributed by atoms with Crippen LogP contribution in [0.2, 0.25) is 0 Å². The van der Waals surface area contributed by atoms with Gasteiger partial charge in [-0.1, -0.05) is 19.3 Å². The first-order chi connectivity index (χ1) is 9.22. The van der Waals surface area contributed by atoms with Gasteiger partial charge in [-0.15, -0.1) is 11.3 Å². The number of hydrogen-bond acceptors (Lipinski definition) is 4. The number of rotatable bonds is 3. The number of fused-ring (bicyclic) bond motifs is 1. The second-order valence-electron chi connectivity index (χ2n) is 5.78. The van der Waals surface area contributed by atoms with E-state index in [0.717, 1.165) is 30.6 Å². The Morgan fingerprint density at radius 1 is 1.37 bits per heavy atom. The Morgan fingerprint density at radius 3 is 2.89 bits per heavy atom. The SMILES string of the molecule is O=C(O)c1nc(CN2CCC3CCCCC3C2)cs1. The maximum atomic E-state index is 10.8. The number of aromatic nitrogens is 1.